The van der Waals surface area contributed by atoms with E-state index in [4.69, 9.17) is 5.26 Å². The number of amides is 1. The minimum Gasteiger partial charge on any atom is -0.381 e. The van der Waals surface area contributed by atoms with E-state index in [1.807, 2.05) is 37.3 Å². The maximum atomic E-state index is 11.8. The molecule has 0 heterocycles. The molecule has 0 aliphatic heterocycles. The second-order valence-corrected chi connectivity index (χ2v) is 4.60. The molecular formula is C17H17N3O. The molecule has 0 spiro atoms. The van der Waals surface area contributed by atoms with Crippen molar-refractivity contribution in [3.63, 3.8) is 0 Å². The molecule has 4 heteroatoms. The lowest BCUT2D eigenvalue weighted by atomic mass is 10.1. The van der Waals surface area contributed by atoms with Gasteiger partial charge in [0.25, 0.3) is 5.91 Å². The smallest absolute Gasteiger partial charge is 0.251 e. The first-order valence-corrected chi connectivity index (χ1v) is 6.84. The molecule has 0 fully saturated rings. The predicted molar refractivity (Wildman–Crippen MR) is 82.9 cm³/mol. The highest BCUT2D eigenvalue weighted by atomic mass is 16.1. The number of benzene rings is 2. The van der Waals surface area contributed by atoms with Crippen LogP contribution < -0.4 is 10.6 Å². The lowest BCUT2D eigenvalue weighted by Crippen LogP contribution is -2.22. The fourth-order valence-corrected chi connectivity index (χ4v) is 1.93. The lowest BCUT2D eigenvalue weighted by Gasteiger charge is -2.08. The summed E-state index contributed by atoms with van der Waals surface area (Å²) >= 11 is 0. The van der Waals surface area contributed by atoms with E-state index < -0.39 is 0 Å². The monoisotopic (exact) mass is 279 g/mol. The van der Waals surface area contributed by atoms with Crippen molar-refractivity contribution < 1.29 is 4.79 Å². The average Bonchev–Trinajstić information content (AvgIpc) is 2.54. The number of rotatable bonds is 5. The van der Waals surface area contributed by atoms with Crippen LogP contribution in [0, 0.1) is 11.3 Å². The number of hydrogen-bond acceptors (Lipinski definition) is 3. The van der Waals surface area contributed by atoms with Crippen LogP contribution >= 0.6 is 0 Å². The van der Waals surface area contributed by atoms with Crippen molar-refractivity contribution in [1.82, 2.24) is 5.32 Å². The van der Waals surface area contributed by atoms with Crippen LogP contribution in [0.4, 0.5) is 5.69 Å². The zero-order chi connectivity index (χ0) is 15.1. The number of nitriles is 1. The topological polar surface area (TPSA) is 64.9 Å². The van der Waals surface area contributed by atoms with Gasteiger partial charge in [-0.15, -0.1) is 0 Å². The summed E-state index contributed by atoms with van der Waals surface area (Å²) in [5.74, 6) is -0.0699. The second kappa shape index (κ2) is 7.11. The molecule has 2 aromatic carbocycles. The summed E-state index contributed by atoms with van der Waals surface area (Å²) in [6.07, 6.45) is 0. The van der Waals surface area contributed by atoms with E-state index in [0.29, 0.717) is 24.2 Å². The van der Waals surface area contributed by atoms with Crippen LogP contribution in [-0.4, -0.2) is 12.5 Å². The third-order valence-corrected chi connectivity index (χ3v) is 3.04. The number of carbonyl (C=O) groups is 1. The summed E-state index contributed by atoms with van der Waals surface area (Å²) in [6, 6.07) is 16.9. The fraction of sp³-hybridized carbons (Fsp3) is 0.176. The van der Waals surface area contributed by atoms with Gasteiger partial charge in [0.2, 0.25) is 0 Å². The fourth-order valence-electron chi connectivity index (χ4n) is 1.93. The van der Waals surface area contributed by atoms with Crippen molar-refractivity contribution in [2.75, 3.05) is 11.9 Å². The van der Waals surface area contributed by atoms with Crippen LogP contribution in [-0.2, 0) is 6.54 Å². The Labute approximate surface area is 124 Å². The van der Waals surface area contributed by atoms with E-state index in [1.165, 1.54) is 0 Å². The Morgan fingerprint density at radius 2 is 1.95 bits per heavy atom. The van der Waals surface area contributed by atoms with Gasteiger partial charge in [0, 0.05) is 24.3 Å². The maximum Gasteiger partial charge on any atom is 0.251 e. The largest absolute Gasteiger partial charge is 0.381 e. The van der Waals surface area contributed by atoms with Crippen molar-refractivity contribution >= 4 is 11.6 Å². The minimum absolute atomic E-state index is 0.0699. The first-order valence-electron chi connectivity index (χ1n) is 6.84. The van der Waals surface area contributed by atoms with E-state index in [-0.39, 0.29) is 5.91 Å². The summed E-state index contributed by atoms with van der Waals surface area (Å²) in [4.78, 5) is 11.8. The number of nitrogens with zero attached hydrogens (tertiary/aromatic N) is 1. The Bertz CT molecular complexity index is 656. The van der Waals surface area contributed by atoms with Crippen LogP contribution in [0.1, 0.15) is 28.4 Å². The van der Waals surface area contributed by atoms with E-state index in [1.54, 1.807) is 18.2 Å². The summed E-state index contributed by atoms with van der Waals surface area (Å²) in [5.41, 5.74) is 3.26. The number of anilines is 1. The third kappa shape index (κ3) is 4.08. The van der Waals surface area contributed by atoms with Crippen molar-refractivity contribution in [1.29, 1.82) is 5.26 Å². The molecular weight excluding hydrogens is 262 g/mol. The van der Waals surface area contributed by atoms with Gasteiger partial charge < -0.3 is 10.6 Å². The highest BCUT2D eigenvalue weighted by molar-refractivity contribution is 5.95. The molecule has 0 aromatic heterocycles. The Morgan fingerprint density at radius 1 is 1.19 bits per heavy atom. The normalized spacial score (nSPS) is 9.71. The Kier molecular flexibility index (Phi) is 4.94. The van der Waals surface area contributed by atoms with Crippen LogP contribution in [0.25, 0.3) is 0 Å². The van der Waals surface area contributed by atoms with Crippen molar-refractivity contribution in [2.24, 2.45) is 0 Å². The van der Waals surface area contributed by atoms with Crippen LogP contribution in [0.3, 0.4) is 0 Å². The van der Waals surface area contributed by atoms with Crippen LogP contribution in [0.15, 0.2) is 48.5 Å². The predicted octanol–water partition coefficient (Wildman–Crippen LogP) is 2.92. The molecule has 0 bridgehead atoms. The molecule has 0 unspecified atom stereocenters. The zero-order valence-corrected chi connectivity index (χ0v) is 11.9. The maximum absolute atomic E-state index is 11.8. The van der Waals surface area contributed by atoms with Gasteiger partial charge in [-0.25, -0.2) is 0 Å². The van der Waals surface area contributed by atoms with Gasteiger partial charge in [-0.05, 0) is 42.8 Å². The molecule has 21 heavy (non-hydrogen) atoms. The van der Waals surface area contributed by atoms with Crippen molar-refractivity contribution in [3.05, 3.63) is 65.2 Å². The Hall–Kier alpha value is -2.80. The van der Waals surface area contributed by atoms with Gasteiger partial charge in [-0.1, -0.05) is 18.2 Å². The average molecular weight is 279 g/mol. The highest BCUT2D eigenvalue weighted by Crippen LogP contribution is 2.12. The molecule has 2 N–H and O–H groups in total. The number of carbonyl (C=O) groups excluding carboxylic acids is 1. The molecule has 0 aliphatic rings. The van der Waals surface area contributed by atoms with E-state index in [0.717, 1.165) is 11.3 Å². The summed E-state index contributed by atoms with van der Waals surface area (Å²) in [6.45, 7) is 3.15. The first-order chi connectivity index (χ1) is 10.2. The standard InChI is InChI=1S/C17H17N3O/c1-2-19-17(21)15-4-3-5-16(10-15)20-12-14-8-6-13(11-18)7-9-14/h3-10,20H,2,12H2,1H3,(H,19,21). The third-order valence-electron chi connectivity index (χ3n) is 3.04. The van der Waals surface area contributed by atoms with Gasteiger partial charge >= 0.3 is 0 Å². The van der Waals surface area contributed by atoms with Gasteiger partial charge in [-0.2, -0.15) is 5.26 Å². The molecule has 4 nitrogen and oxygen atoms in total. The molecule has 0 aliphatic carbocycles. The molecule has 2 aromatic rings. The number of nitrogens with one attached hydrogen (secondary N) is 2. The minimum atomic E-state index is -0.0699. The summed E-state index contributed by atoms with van der Waals surface area (Å²) in [7, 11) is 0. The van der Waals surface area contributed by atoms with Crippen molar-refractivity contribution in [3.8, 4) is 6.07 Å². The zero-order valence-electron chi connectivity index (χ0n) is 11.9. The van der Waals surface area contributed by atoms with Gasteiger partial charge in [0.15, 0.2) is 0 Å². The van der Waals surface area contributed by atoms with Gasteiger partial charge in [0.05, 0.1) is 11.6 Å². The SMILES string of the molecule is CCNC(=O)c1cccc(NCc2ccc(C#N)cc2)c1. The summed E-state index contributed by atoms with van der Waals surface area (Å²) < 4.78 is 0. The first kappa shape index (κ1) is 14.6. The van der Waals surface area contributed by atoms with Gasteiger partial charge in [0.1, 0.15) is 0 Å². The second-order valence-electron chi connectivity index (χ2n) is 4.60. The lowest BCUT2D eigenvalue weighted by molar-refractivity contribution is 0.0956. The molecule has 2 rings (SSSR count). The Morgan fingerprint density at radius 3 is 2.62 bits per heavy atom. The van der Waals surface area contributed by atoms with Crippen LogP contribution in [0.2, 0.25) is 0 Å². The quantitative estimate of drug-likeness (QED) is 0.884. The molecule has 0 atom stereocenters. The molecule has 1 amide bonds. The molecule has 106 valence electrons. The number of hydrogen-bond donors (Lipinski definition) is 2. The molecule has 0 saturated carbocycles. The van der Waals surface area contributed by atoms with Gasteiger partial charge in [-0.3, -0.25) is 4.79 Å². The van der Waals surface area contributed by atoms with E-state index >= 15 is 0 Å². The molecule has 0 radical (unpaired) electrons. The van der Waals surface area contributed by atoms with E-state index in [2.05, 4.69) is 16.7 Å². The van der Waals surface area contributed by atoms with E-state index in [9.17, 15) is 4.79 Å². The van der Waals surface area contributed by atoms with Crippen LogP contribution in [0.5, 0.6) is 0 Å². The molecule has 0 saturated heterocycles. The van der Waals surface area contributed by atoms with Crippen molar-refractivity contribution in [2.45, 2.75) is 13.5 Å². The Balaban J connectivity index is 2.01. The summed E-state index contributed by atoms with van der Waals surface area (Å²) in [5, 5.41) is 14.8. The highest BCUT2D eigenvalue weighted by Gasteiger charge is 2.04.